The number of likely N-dealkylation sites (tertiary alicyclic amines) is 1. The molecule has 3 rings (SSSR count). The number of hydrogen-bond acceptors (Lipinski definition) is 6. The summed E-state index contributed by atoms with van der Waals surface area (Å²) in [6, 6.07) is 2.52. The maximum atomic E-state index is 13.0. The van der Waals surface area contributed by atoms with Gasteiger partial charge in [-0.1, -0.05) is 13.8 Å². The topological polar surface area (TPSA) is 110 Å². The number of aromatic nitrogens is 3. The number of alkyl halides is 3. The van der Waals surface area contributed by atoms with E-state index in [1.54, 1.807) is 0 Å². The summed E-state index contributed by atoms with van der Waals surface area (Å²) in [4.78, 5) is 25.6. The average Bonchev–Trinajstić information content (AvgIpc) is 2.69. The van der Waals surface area contributed by atoms with Crippen LogP contribution in [0.15, 0.2) is 23.0 Å². The molecule has 174 valence electrons. The van der Waals surface area contributed by atoms with E-state index in [9.17, 15) is 27.9 Å². The molecule has 1 aliphatic rings. The van der Waals surface area contributed by atoms with Crippen LogP contribution in [0.3, 0.4) is 0 Å². The zero-order valence-corrected chi connectivity index (χ0v) is 18.0. The Bertz CT molecular complexity index is 1080. The van der Waals surface area contributed by atoms with Crippen LogP contribution in [0.25, 0.3) is 11.4 Å². The van der Waals surface area contributed by atoms with E-state index in [0.29, 0.717) is 13.0 Å². The molecule has 0 aliphatic carbocycles. The Balaban J connectivity index is 1.93. The minimum absolute atomic E-state index is 0.0299. The standard InChI is InChI=1S/C20H24F3N5O4/c1-19(2)8-12(9-28(10-19)18(30)31)24-15-17(29)27(3)16(26-25-15)13-6-5-11(20(21,22)23)7-14(13)32-4/h5-7,12H,8-10H2,1-4H3,(H,24,25)(H,30,31). The van der Waals surface area contributed by atoms with E-state index in [-0.39, 0.29) is 41.0 Å². The van der Waals surface area contributed by atoms with E-state index in [2.05, 4.69) is 15.5 Å². The molecule has 1 saturated heterocycles. The summed E-state index contributed by atoms with van der Waals surface area (Å²) in [7, 11) is 2.64. The van der Waals surface area contributed by atoms with E-state index in [1.165, 1.54) is 25.1 Å². The van der Waals surface area contributed by atoms with E-state index in [0.717, 1.165) is 16.7 Å². The van der Waals surface area contributed by atoms with Gasteiger partial charge in [-0.25, -0.2) is 4.79 Å². The number of rotatable bonds is 4. The van der Waals surface area contributed by atoms with Crippen LogP contribution in [0.1, 0.15) is 25.8 Å². The number of amides is 1. The van der Waals surface area contributed by atoms with Gasteiger partial charge in [0.2, 0.25) is 5.82 Å². The fourth-order valence-corrected chi connectivity index (χ4v) is 3.92. The van der Waals surface area contributed by atoms with Gasteiger partial charge in [0.1, 0.15) is 5.75 Å². The molecule has 2 heterocycles. The van der Waals surface area contributed by atoms with E-state index in [4.69, 9.17) is 4.74 Å². The molecule has 32 heavy (non-hydrogen) atoms. The quantitative estimate of drug-likeness (QED) is 0.729. The third-order valence-electron chi connectivity index (χ3n) is 5.31. The number of anilines is 1. The first-order valence-electron chi connectivity index (χ1n) is 9.76. The fourth-order valence-electron chi connectivity index (χ4n) is 3.92. The molecule has 0 bridgehead atoms. The van der Waals surface area contributed by atoms with Crippen LogP contribution < -0.4 is 15.6 Å². The zero-order chi connectivity index (χ0) is 23.8. The third kappa shape index (κ3) is 4.78. The van der Waals surface area contributed by atoms with E-state index < -0.39 is 23.4 Å². The van der Waals surface area contributed by atoms with Crippen molar-refractivity contribution in [2.75, 3.05) is 25.5 Å². The predicted molar refractivity (Wildman–Crippen MR) is 110 cm³/mol. The Morgan fingerprint density at radius 1 is 1.31 bits per heavy atom. The first kappa shape index (κ1) is 23.4. The molecule has 1 atom stereocenters. The maximum absolute atomic E-state index is 13.0. The number of nitrogens with zero attached hydrogens (tertiary/aromatic N) is 4. The summed E-state index contributed by atoms with van der Waals surface area (Å²) in [6.45, 7) is 4.41. The highest BCUT2D eigenvalue weighted by atomic mass is 19.4. The summed E-state index contributed by atoms with van der Waals surface area (Å²) in [6.07, 6.45) is -4.99. The lowest BCUT2D eigenvalue weighted by Crippen LogP contribution is -2.52. The van der Waals surface area contributed by atoms with Gasteiger partial charge in [0, 0.05) is 26.2 Å². The number of ether oxygens (including phenoxy) is 1. The first-order chi connectivity index (χ1) is 14.8. The normalized spacial score (nSPS) is 18.3. The van der Waals surface area contributed by atoms with Gasteiger partial charge in [0.15, 0.2) is 5.82 Å². The van der Waals surface area contributed by atoms with Gasteiger partial charge in [0.25, 0.3) is 5.56 Å². The molecule has 9 nitrogen and oxygen atoms in total. The second kappa shape index (κ2) is 8.32. The second-order valence-corrected chi connectivity index (χ2v) is 8.52. The van der Waals surface area contributed by atoms with Crippen molar-refractivity contribution >= 4 is 11.9 Å². The molecule has 0 saturated carbocycles. The smallest absolute Gasteiger partial charge is 0.416 e. The Morgan fingerprint density at radius 3 is 2.59 bits per heavy atom. The van der Waals surface area contributed by atoms with Crippen molar-refractivity contribution < 1.29 is 27.8 Å². The molecule has 12 heteroatoms. The van der Waals surface area contributed by atoms with Crippen LogP contribution in [0.4, 0.5) is 23.8 Å². The van der Waals surface area contributed by atoms with Crippen LogP contribution in [-0.4, -0.2) is 57.1 Å². The molecule has 1 aromatic heterocycles. The number of halogens is 3. The second-order valence-electron chi connectivity index (χ2n) is 8.52. The minimum atomic E-state index is -4.55. The van der Waals surface area contributed by atoms with Gasteiger partial charge < -0.3 is 20.1 Å². The monoisotopic (exact) mass is 455 g/mol. The number of hydrogen-bond donors (Lipinski definition) is 2. The number of piperidine rings is 1. The van der Waals surface area contributed by atoms with Crippen LogP contribution in [0, 0.1) is 5.41 Å². The highest BCUT2D eigenvalue weighted by molar-refractivity contribution is 5.66. The van der Waals surface area contributed by atoms with Gasteiger partial charge in [-0.05, 0) is 30.0 Å². The molecule has 1 unspecified atom stereocenters. The van der Waals surface area contributed by atoms with Crippen molar-refractivity contribution in [3.05, 3.63) is 34.1 Å². The molecular formula is C20H24F3N5O4. The molecule has 0 radical (unpaired) electrons. The number of nitrogens with one attached hydrogen (secondary N) is 1. The van der Waals surface area contributed by atoms with Crippen molar-refractivity contribution in [1.82, 2.24) is 19.7 Å². The van der Waals surface area contributed by atoms with Crippen molar-refractivity contribution in [1.29, 1.82) is 0 Å². The molecule has 1 aliphatic heterocycles. The van der Waals surface area contributed by atoms with Crippen molar-refractivity contribution in [3.63, 3.8) is 0 Å². The summed E-state index contributed by atoms with van der Waals surface area (Å²) in [5, 5.41) is 20.3. The number of benzene rings is 1. The van der Waals surface area contributed by atoms with E-state index >= 15 is 0 Å². The van der Waals surface area contributed by atoms with E-state index in [1.807, 2.05) is 13.8 Å². The van der Waals surface area contributed by atoms with Gasteiger partial charge in [-0.2, -0.15) is 13.2 Å². The summed E-state index contributed by atoms with van der Waals surface area (Å²) in [5.41, 5.74) is -1.57. The molecule has 1 fully saturated rings. The Hall–Kier alpha value is -3.31. The lowest BCUT2D eigenvalue weighted by Gasteiger charge is -2.41. The molecule has 0 spiro atoms. The molecule has 1 amide bonds. The molecule has 1 aromatic carbocycles. The molecule has 2 aromatic rings. The van der Waals surface area contributed by atoms with Crippen LogP contribution in [0.2, 0.25) is 0 Å². The lowest BCUT2D eigenvalue weighted by molar-refractivity contribution is -0.137. The van der Waals surface area contributed by atoms with Crippen LogP contribution in [-0.2, 0) is 13.2 Å². The van der Waals surface area contributed by atoms with Crippen LogP contribution >= 0.6 is 0 Å². The van der Waals surface area contributed by atoms with Gasteiger partial charge >= 0.3 is 12.3 Å². The number of methoxy groups -OCH3 is 1. The van der Waals surface area contributed by atoms with Gasteiger partial charge in [-0.15, -0.1) is 10.2 Å². The lowest BCUT2D eigenvalue weighted by atomic mass is 9.82. The largest absolute Gasteiger partial charge is 0.496 e. The first-order valence-corrected chi connectivity index (χ1v) is 9.76. The van der Waals surface area contributed by atoms with Crippen molar-refractivity contribution in [3.8, 4) is 17.1 Å². The zero-order valence-electron chi connectivity index (χ0n) is 18.0. The van der Waals surface area contributed by atoms with Gasteiger partial charge in [0.05, 0.1) is 18.2 Å². The van der Waals surface area contributed by atoms with Crippen LogP contribution in [0.5, 0.6) is 5.75 Å². The Labute approximate surface area is 181 Å². The third-order valence-corrected chi connectivity index (χ3v) is 5.31. The Morgan fingerprint density at radius 2 is 2.00 bits per heavy atom. The number of carbonyl (C=O) groups is 1. The minimum Gasteiger partial charge on any atom is -0.496 e. The summed E-state index contributed by atoms with van der Waals surface area (Å²) < 4.78 is 45.2. The highest BCUT2D eigenvalue weighted by Crippen LogP contribution is 2.36. The Kier molecular flexibility index (Phi) is 6.07. The summed E-state index contributed by atoms with van der Waals surface area (Å²) in [5.74, 6) is -0.145. The highest BCUT2D eigenvalue weighted by Gasteiger charge is 2.36. The predicted octanol–water partition coefficient (Wildman–Crippen LogP) is 3.06. The van der Waals surface area contributed by atoms with Gasteiger partial charge in [-0.3, -0.25) is 9.36 Å². The average molecular weight is 455 g/mol. The SMILES string of the molecule is COc1cc(C(F)(F)F)ccc1-c1nnc(NC2CN(C(=O)O)CC(C)(C)C2)c(=O)n1C. The molecule has 2 N–H and O–H groups in total. The number of carboxylic acid groups (broad SMARTS) is 1. The van der Waals surface area contributed by atoms with Crippen molar-refractivity contribution in [2.24, 2.45) is 12.5 Å². The summed E-state index contributed by atoms with van der Waals surface area (Å²) >= 11 is 0. The fraction of sp³-hybridized carbons (Fsp3) is 0.500. The molecular weight excluding hydrogens is 431 g/mol. The van der Waals surface area contributed by atoms with Crippen molar-refractivity contribution in [2.45, 2.75) is 32.5 Å². The maximum Gasteiger partial charge on any atom is 0.416 e.